The maximum Gasteiger partial charge on any atom is 0.407 e. The molecule has 3 N–H and O–H groups in total. The van der Waals surface area contributed by atoms with Gasteiger partial charge in [0.1, 0.15) is 5.76 Å². The highest BCUT2D eigenvalue weighted by atomic mass is 16.5. The Bertz CT molecular complexity index is 809. The fourth-order valence-corrected chi connectivity index (χ4v) is 3.68. The Labute approximate surface area is 163 Å². The zero-order valence-corrected chi connectivity index (χ0v) is 16.4. The molecule has 0 spiro atoms. The van der Waals surface area contributed by atoms with E-state index in [9.17, 15) is 14.7 Å². The van der Waals surface area contributed by atoms with Crippen molar-refractivity contribution in [3.8, 4) is 0 Å². The minimum absolute atomic E-state index is 0.00508. The third-order valence-electron chi connectivity index (χ3n) is 4.87. The second-order valence-electron chi connectivity index (χ2n) is 8.55. The number of nitrogens with one attached hydrogen (secondary N) is 2. The van der Waals surface area contributed by atoms with Gasteiger partial charge in [-0.2, -0.15) is 5.10 Å². The van der Waals surface area contributed by atoms with E-state index in [0.717, 1.165) is 25.0 Å². The van der Waals surface area contributed by atoms with E-state index >= 15 is 0 Å². The van der Waals surface area contributed by atoms with Gasteiger partial charge >= 0.3 is 6.09 Å². The molecule has 1 fully saturated rings. The van der Waals surface area contributed by atoms with Crippen LogP contribution in [0.1, 0.15) is 57.4 Å². The summed E-state index contributed by atoms with van der Waals surface area (Å²) in [6.07, 6.45) is 3.16. The lowest BCUT2D eigenvalue weighted by molar-refractivity contribution is -0.115. The fraction of sp³-hybridized carbons (Fsp3) is 0.579. The summed E-state index contributed by atoms with van der Waals surface area (Å²) in [6, 6.07) is 3.45. The largest absolute Gasteiger partial charge is 0.465 e. The molecule has 2 aromatic heterocycles. The van der Waals surface area contributed by atoms with E-state index < -0.39 is 6.09 Å². The normalized spacial score (nSPS) is 19.5. The van der Waals surface area contributed by atoms with Crippen LogP contribution in [-0.2, 0) is 11.2 Å². The Kier molecular flexibility index (Phi) is 5.71. The van der Waals surface area contributed by atoms with Crippen LogP contribution in [0.3, 0.4) is 0 Å². The van der Waals surface area contributed by atoms with Gasteiger partial charge < -0.3 is 19.8 Å². The molecule has 1 aliphatic rings. The summed E-state index contributed by atoms with van der Waals surface area (Å²) in [5.41, 5.74) is 0.823. The number of carbonyl (C=O) groups excluding carboxylic acids is 1. The molecule has 152 valence electrons. The summed E-state index contributed by atoms with van der Waals surface area (Å²) in [7, 11) is 0. The molecule has 2 heterocycles. The van der Waals surface area contributed by atoms with Crippen molar-refractivity contribution >= 4 is 17.8 Å². The summed E-state index contributed by atoms with van der Waals surface area (Å²) in [4.78, 5) is 25.3. The van der Waals surface area contributed by atoms with E-state index in [-0.39, 0.29) is 29.7 Å². The van der Waals surface area contributed by atoms with Crippen LogP contribution >= 0.6 is 0 Å². The third kappa shape index (κ3) is 5.11. The molecule has 1 aliphatic carbocycles. The van der Waals surface area contributed by atoms with Gasteiger partial charge in [0, 0.05) is 36.3 Å². The van der Waals surface area contributed by atoms with Crippen LogP contribution in [0.15, 0.2) is 22.9 Å². The molecule has 0 radical (unpaired) electrons. The number of amides is 2. The molecule has 0 saturated heterocycles. The number of rotatable bonds is 6. The molecule has 9 nitrogen and oxygen atoms in total. The third-order valence-corrected chi connectivity index (χ3v) is 4.87. The van der Waals surface area contributed by atoms with Crippen LogP contribution < -0.4 is 5.32 Å². The van der Waals surface area contributed by atoms with Crippen molar-refractivity contribution in [2.75, 3.05) is 11.9 Å². The Morgan fingerprint density at radius 1 is 1.39 bits per heavy atom. The molecular weight excluding hydrogens is 362 g/mol. The molecule has 3 rings (SSSR count). The van der Waals surface area contributed by atoms with E-state index in [0.29, 0.717) is 18.1 Å². The summed E-state index contributed by atoms with van der Waals surface area (Å²) < 4.78 is 4.92. The fourth-order valence-electron chi connectivity index (χ4n) is 3.68. The maximum atomic E-state index is 12.0. The molecule has 0 aliphatic heterocycles. The maximum absolute atomic E-state index is 12.0. The Balaban J connectivity index is 1.58. The molecule has 0 aromatic carbocycles. The molecule has 9 heteroatoms. The van der Waals surface area contributed by atoms with Crippen molar-refractivity contribution in [3.63, 3.8) is 0 Å². The number of anilines is 1. The Morgan fingerprint density at radius 3 is 2.82 bits per heavy atom. The minimum Gasteiger partial charge on any atom is -0.465 e. The van der Waals surface area contributed by atoms with Crippen molar-refractivity contribution in [2.24, 2.45) is 5.41 Å². The number of carboxylic acid groups (broad SMARTS) is 1. The van der Waals surface area contributed by atoms with Crippen LogP contribution in [0, 0.1) is 5.41 Å². The monoisotopic (exact) mass is 389 g/mol. The number of H-pyrrole nitrogens is 1. The molecular formula is C19H27N5O4. The molecule has 2 atom stereocenters. The van der Waals surface area contributed by atoms with Crippen LogP contribution in [0.4, 0.5) is 10.6 Å². The standard InChI is InChI=1S/C19H27N5O4/c1-19(2,3)11-24(18(26)27)13-5-4-12(8-13)15-10-16(23-22-15)21-17(25)9-14-6-7-20-28-14/h6-7,10,12-13H,4-5,8-9,11H2,1-3H3,(H,26,27)(H2,21,22,23,25). The van der Waals surface area contributed by atoms with E-state index in [2.05, 4.69) is 20.7 Å². The Hall–Kier alpha value is -2.84. The van der Waals surface area contributed by atoms with Gasteiger partial charge in [-0.1, -0.05) is 25.9 Å². The van der Waals surface area contributed by atoms with Gasteiger partial charge in [0.2, 0.25) is 5.91 Å². The van der Waals surface area contributed by atoms with Crippen molar-refractivity contribution in [1.82, 2.24) is 20.3 Å². The van der Waals surface area contributed by atoms with E-state index in [4.69, 9.17) is 4.52 Å². The van der Waals surface area contributed by atoms with Crippen LogP contribution in [0.5, 0.6) is 0 Å². The van der Waals surface area contributed by atoms with Crippen LogP contribution in [0.2, 0.25) is 0 Å². The number of aromatic amines is 1. The number of aromatic nitrogens is 3. The first-order valence-electron chi connectivity index (χ1n) is 9.45. The zero-order valence-electron chi connectivity index (χ0n) is 16.4. The van der Waals surface area contributed by atoms with Gasteiger partial charge in [-0.25, -0.2) is 4.79 Å². The molecule has 2 amide bonds. The number of hydrogen-bond acceptors (Lipinski definition) is 5. The summed E-state index contributed by atoms with van der Waals surface area (Å²) in [6.45, 7) is 6.62. The van der Waals surface area contributed by atoms with Gasteiger partial charge in [0.25, 0.3) is 0 Å². The number of hydrogen-bond donors (Lipinski definition) is 3. The quantitative estimate of drug-likeness (QED) is 0.697. The highest BCUT2D eigenvalue weighted by molar-refractivity contribution is 5.91. The Morgan fingerprint density at radius 2 is 2.18 bits per heavy atom. The van der Waals surface area contributed by atoms with Gasteiger partial charge in [-0.3, -0.25) is 9.89 Å². The van der Waals surface area contributed by atoms with Crippen molar-refractivity contribution in [3.05, 3.63) is 29.8 Å². The SMILES string of the molecule is CC(C)(C)CN(C(=O)O)C1CCC(c2cc(NC(=O)Cc3ccno3)n[nH]2)C1. The van der Waals surface area contributed by atoms with Crippen molar-refractivity contribution in [2.45, 2.75) is 58.4 Å². The lowest BCUT2D eigenvalue weighted by Crippen LogP contribution is -2.43. The highest BCUT2D eigenvalue weighted by Crippen LogP contribution is 2.37. The molecule has 1 saturated carbocycles. The predicted octanol–water partition coefficient (Wildman–Crippen LogP) is 3.24. The second-order valence-corrected chi connectivity index (χ2v) is 8.55. The molecule has 2 unspecified atom stereocenters. The van der Waals surface area contributed by atoms with Crippen molar-refractivity contribution < 1.29 is 19.2 Å². The van der Waals surface area contributed by atoms with Crippen LogP contribution in [-0.4, -0.2) is 49.9 Å². The first kappa shape index (κ1) is 19.9. The average molecular weight is 389 g/mol. The van der Waals surface area contributed by atoms with Crippen LogP contribution in [0.25, 0.3) is 0 Å². The predicted molar refractivity (Wildman–Crippen MR) is 102 cm³/mol. The first-order valence-corrected chi connectivity index (χ1v) is 9.45. The molecule has 2 aromatic rings. The van der Waals surface area contributed by atoms with E-state index in [1.165, 1.54) is 6.20 Å². The lowest BCUT2D eigenvalue weighted by Gasteiger charge is -2.32. The van der Waals surface area contributed by atoms with Crippen molar-refractivity contribution in [1.29, 1.82) is 0 Å². The summed E-state index contributed by atoms with van der Waals surface area (Å²) in [5.74, 6) is 0.896. The minimum atomic E-state index is -0.870. The van der Waals surface area contributed by atoms with E-state index in [1.54, 1.807) is 11.0 Å². The average Bonchev–Trinajstić information content (AvgIpc) is 3.32. The van der Waals surface area contributed by atoms with Gasteiger partial charge in [0.05, 0.1) is 12.6 Å². The topological polar surface area (TPSA) is 124 Å². The molecule has 0 bridgehead atoms. The zero-order chi connectivity index (χ0) is 20.3. The van der Waals surface area contributed by atoms with Gasteiger partial charge in [0.15, 0.2) is 5.82 Å². The van der Waals surface area contributed by atoms with Gasteiger partial charge in [-0.15, -0.1) is 0 Å². The summed E-state index contributed by atoms with van der Waals surface area (Å²) >= 11 is 0. The smallest absolute Gasteiger partial charge is 0.407 e. The lowest BCUT2D eigenvalue weighted by atomic mass is 9.95. The van der Waals surface area contributed by atoms with E-state index in [1.807, 2.05) is 26.8 Å². The molecule has 28 heavy (non-hydrogen) atoms. The second kappa shape index (κ2) is 8.04. The van der Waals surface area contributed by atoms with Gasteiger partial charge in [-0.05, 0) is 24.7 Å². The number of carbonyl (C=O) groups is 2. The highest BCUT2D eigenvalue weighted by Gasteiger charge is 2.35. The summed E-state index contributed by atoms with van der Waals surface area (Å²) in [5, 5.41) is 23.1. The number of nitrogens with zero attached hydrogens (tertiary/aromatic N) is 3. The first-order chi connectivity index (χ1) is 13.2.